The Morgan fingerprint density at radius 1 is 1.00 bits per heavy atom. The van der Waals surface area contributed by atoms with Crippen LogP contribution in [0.5, 0.6) is 5.75 Å². The summed E-state index contributed by atoms with van der Waals surface area (Å²) in [6, 6.07) is 18.6. The largest absolute Gasteiger partial charge is 0.486 e. The van der Waals surface area contributed by atoms with Crippen LogP contribution in [0.2, 0.25) is 0 Å². The fraction of sp³-hybridized carbons (Fsp3) is 0.333. The molecule has 0 saturated heterocycles. The Morgan fingerprint density at radius 2 is 1.65 bits per heavy atom. The van der Waals surface area contributed by atoms with E-state index in [2.05, 4.69) is 32.0 Å². The Bertz CT molecular complexity index is 524. The fourth-order valence-corrected chi connectivity index (χ4v) is 2.20. The molecule has 2 N–H and O–H groups in total. The van der Waals surface area contributed by atoms with E-state index in [0.29, 0.717) is 0 Å². The number of para-hydroxylation sites is 1. The second-order valence-electron chi connectivity index (χ2n) is 5.15. The third kappa shape index (κ3) is 3.84. The van der Waals surface area contributed by atoms with Crippen molar-refractivity contribution in [2.24, 2.45) is 5.73 Å². The van der Waals surface area contributed by atoms with Crippen LogP contribution in [0.4, 0.5) is 0 Å². The number of hydrogen-bond acceptors (Lipinski definition) is 2. The minimum atomic E-state index is 0.0372. The van der Waals surface area contributed by atoms with Gasteiger partial charge in [0.1, 0.15) is 11.9 Å². The van der Waals surface area contributed by atoms with Crippen molar-refractivity contribution in [3.05, 3.63) is 65.7 Å². The predicted molar refractivity (Wildman–Crippen MR) is 83.9 cm³/mol. The summed E-state index contributed by atoms with van der Waals surface area (Å²) < 4.78 is 6.12. The molecular weight excluding hydrogens is 246 g/mol. The number of nitrogens with two attached hydrogens (primary N) is 1. The molecule has 2 aromatic rings. The second kappa shape index (κ2) is 7.11. The quantitative estimate of drug-likeness (QED) is 0.856. The van der Waals surface area contributed by atoms with Gasteiger partial charge >= 0.3 is 0 Å². The van der Waals surface area contributed by atoms with Crippen molar-refractivity contribution in [3.63, 3.8) is 0 Å². The van der Waals surface area contributed by atoms with Gasteiger partial charge in [0.05, 0.1) is 0 Å². The van der Waals surface area contributed by atoms with Crippen molar-refractivity contribution in [2.45, 2.75) is 38.8 Å². The van der Waals surface area contributed by atoms with Gasteiger partial charge in [-0.05, 0) is 37.0 Å². The van der Waals surface area contributed by atoms with E-state index in [9.17, 15) is 0 Å². The first-order valence-electron chi connectivity index (χ1n) is 7.25. The van der Waals surface area contributed by atoms with Crippen LogP contribution >= 0.6 is 0 Å². The molecule has 0 aliphatic carbocycles. The van der Waals surface area contributed by atoms with Gasteiger partial charge in [0.15, 0.2) is 0 Å². The highest BCUT2D eigenvalue weighted by Gasteiger charge is 2.11. The SMILES string of the molecule is CCC(N)Cc1ccccc1OC(C)c1ccccc1. The van der Waals surface area contributed by atoms with E-state index in [1.807, 2.05) is 36.4 Å². The summed E-state index contributed by atoms with van der Waals surface area (Å²) in [6.07, 6.45) is 1.87. The molecule has 2 unspecified atom stereocenters. The molecule has 0 aliphatic heterocycles. The van der Waals surface area contributed by atoms with Crippen molar-refractivity contribution in [2.75, 3.05) is 0 Å². The molecule has 0 fully saturated rings. The Labute approximate surface area is 121 Å². The number of ether oxygens (including phenoxy) is 1. The maximum absolute atomic E-state index is 6.12. The molecule has 0 aromatic heterocycles. The van der Waals surface area contributed by atoms with Crippen LogP contribution in [-0.4, -0.2) is 6.04 Å². The van der Waals surface area contributed by atoms with E-state index in [1.54, 1.807) is 0 Å². The van der Waals surface area contributed by atoms with Gasteiger partial charge in [0.2, 0.25) is 0 Å². The molecule has 0 heterocycles. The molecule has 0 amide bonds. The van der Waals surface area contributed by atoms with Crippen LogP contribution in [0.25, 0.3) is 0 Å². The summed E-state index contributed by atoms with van der Waals surface area (Å²) in [6.45, 7) is 4.19. The normalized spacial score (nSPS) is 13.8. The zero-order chi connectivity index (χ0) is 14.4. The van der Waals surface area contributed by atoms with Gasteiger partial charge in [-0.2, -0.15) is 0 Å². The lowest BCUT2D eigenvalue weighted by molar-refractivity contribution is 0.224. The molecule has 0 bridgehead atoms. The smallest absolute Gasteiger partial charge is 0.123 e. The Balaban J connectivity index is 2.13. The lowest BCUT2D eigenvalue weighted by Crippen LogP contribution is -2.21. The third-order valence-corrected chi connectivity index (χ3v) is 3.55. The van der Waals surface area contributed by atoms with Gasteiger partial charge in [0, 0.05) is 6.04 Å². The molecule has 20 heavy (non-hydrogen) atoms. The lowest BCUT2D eigenvalue weighted by atomic mass is 10.0. The minimum Gasteiger partial charge on any atom is -0.486 e. The van der Waals surface area contributed by atoms with Gasteiger partial charge in [-0.25, -0.2) is 0 Å². The molecule has 2 atom stereocenters. The van der Waals surface area contributed by atoms with E-state index >= 15 is 0 Å². The van der Waals surface area contributed by atoms with E-state index < -0.39 is 0 Å². The van der Waals surface area contributed by atoms with E-state index in [-0.39, 0.29) is 12.1 Å². The van der Waals surface area contributed by atoms with Gasteiger partial charge in [-0.1, -0.05) is 55.5 Å². The second-order valence-corrected chi connectivity index (χ2v) is 5.15. The Morgan fingerprint density at radius 3 is 2.35 bits per heavy atom. The monoisotopic (exact) mass is 269 g/mol. The zero-order valence-corrected chi connectivity index (χ0v) is 12.3. The summed E-state index contributed by atoms with van der Waals surface area (Å²) in [5, 5.41) is 0. The van der Waals surface area contributed by atoms with Crippen molar-refractivity contribution in [1.29, 1.82) is 0 Å². The Hall–Kier alpha value is -1.80. The molecule has 0 spiro atoms. The van der Waals surface area contributed by atoms with Crippen LogP contribution in [-0.2, 0) is 6.42 Å². The molecule has 2 aromatic carbocycles. The van der Waals surface area contributed by atoms with Crippen molar-refractivity contribution in [1.82, 2.24) is 0 Å². The van der Waals surface area contributed by atoms with E-state index in [0.717, 1.165) is 18.6 Å². The van der Waals surface area contributed by atoms with Crippen LogP contribution in [0.1, 0.15) is 37.5 Å². The van der Waals surface area contributed by atoms with Crippen molar-refractivity contribution < 1.29 is 4.74 Å². The van der Waals surface area contributed by atoms with Gasteiger partial charge in [0.25, 0.3) is 0 Å². The first-order valence-corrected chi connectivity index (χ1v) is 7.25. The molecule has 0 radical (unpaired) electrons. The van der Waals surface area contributed by atoms with Gasteiger partial charge in [-0.15, -0.1) is 0 Å². The van der Waals surface area contributed by atoms with Gasteiger partial charge in [-0.3, -0.25) is 0 Å². The highest BCUT2D eigenvalue weighted by Crippen LogP contribution is 2.26. The maximum atomic E-state index is 6.12. The maximum Gasteiger partial charge on any atom is 0.123 e. The number of hydrogen-bond donors (Lipinski definition) is 1. The summed E-state index contributed by atoms with van der Waals surface area (Å²) in [7, 11) is 0. The highest BCUT2D eigenvalue weighted by molar-refractivity contribution is 5.34. The summed E-state index contributed by atoms with van der Waals surface area (Å²) in [4.78, 5) is 0. The summed E-state index contributed by atoms with van der Waals surface area (Å²) in [5.74, 6) is 0.938. The van der Waals surface area contributed by atoms with Crippen molar-refractivity contribution >= 4 is 0 Å². The van der Waals surface area contributed by atoms with Crippen molar-refractivity contribution in [3.8, 4) is 5.75 Å². The first-order chi connectivity index (χ1) is 9.70. The van der Waals surface area contributed by atoms with E-state index in [1.165, 1.54) is 11.1 Å². The lowest BCUT2D eigenvalue weighted by Gasteiger charge is -2.19. The van der Waals surface area contributed by atoms with Crippen LogP contribution in [0.15, 0.2) is 54.6 Å². The first kappa shape index (κ1) is 14.6. The van der Waals surface area contributed by atoms with E-state index in [4.69, 9.17) is 10.5 Å². The zero-order valence-electron chi connectivity index (χ0n) is 12.3. The van der Waals surface area contributed by atoms with Gasteiger partial charge < -0.3 is 10.5 Å². The molecule has 0 aliphatic rings. The van der Waals surface area contributed by atoms with Crippen LogP contribution in [0, 0.1) is 0 Å². The van der Waals surface area contributed by atoms with Crippen LogP contribution < -0.4 is 10.5 Å². The molecule has 2 nitrogen and oxygen atoms in total. The number of rotatable bonds is 6. The number of benzene rings is 2. The third-order valence-electron chi connectivity index (χ3n) is 3.55. The topological polar surface area (TPSA) is 35.2 Å². The molecule has 106 valence electrons. The average molecular weight is 269 g/mol. The molecule has 2 heteroatoms. The van der Waals surface area contributed by atoms with Crippen LogP contribution in [0.3, 0.4) is 0 Å². The summed E-state index contributed by atoms with van der Waals surface area (Å²) >= 11 is 0. The fourth-order valence-electron chi connectivity index (χ4n) is 2.20. The standard InChI is InChI=1S/C18H23NO/c1-3-17(19)13-16-11-7-8-12-18(16)20-14(2)15-9-5-4-6-10-15/h4-12,14,17H,3,13,19H2,1-2H3. The predicted octanol–water partition coefficient (Wildman–Crippen LogP) is 4.11. The molecule has 2 rings (SSSR count). The summed E-state index contributed by atoms with van der Waals surface area (Å²) in [5.41, 5.74) is 8.43. The average Bonchev–Trinajstić information content (AvgIpc) is 2.50. The molecule has 0 saturated carbocycles. The molecular formula is C18H23NO. The Kier molecular flexibility index (Phi) is 5.19. The minimum absolute atomic E-state index is 0.0372. The highest BCUT2D eigenvalue weighted by atomic mass is 16.5.